The minimum atomic E-state index is -0.622. The highest BCUT2D eigenvalue weighted by Gasteiger charge is 2.74. The van der Waals surface area contributed by atoms with Crippen molar-refractivity contribution >= 4 is 35.2 Å². The number of ether oxygens (including phenoxy) is 1. The van der Waals surface area contributed by atoms with Crippen LogP contribution in [0.2, 0.25) is 0 Å². The van der Waals surface area contributed by atoms with Crippen molar-refractivity contribution in [3.05, 3.63) is 49.6 Å². The topological polar surface area (TPSA) is 90.4 Å². The van der Waals surface area contributed by atoms with Crippen LogP contribution >= 0.6 is 11.8 Å². The number of aliphatic hydroxyl groups excluding tert-OH is 1. The van der Waals surface area contributed by atoms with E-state index in [-0.39, 0.29) is 35.6 Å². The first-order valence-electron chi connectivity index (χ1n) is 16.6. The van der Waals surface area contributed by atoms with Crippen LogP contribution in [-0.2, 0) is 14.4 Å². The Morgan fingerprint density at radius 3 is 2.43 bits per heavy atom. The number of hydrogen-bond donors (Lipinski definition) is 1. The number of carbonyl (C=O) groups is 3. The molecule has 44 heavy (non-hydrogen) atoms. The quantitative estimate of drug-likeness (QED) is 0.213. The lowest BCUT2D eigenvalue weighted by molar-refractivity contribution is -0.144. The maximum atomic E-state index is 14.7. The zero-order chi connectivity index (χ0) is 31.3. The Hall–Kier alpha value is -2.78. The van der Waals surface area contributed by atoms with Gasteiger partial charge in [-0.3, -0.25) is 14.4 Å². The molecule has 2 bridgehead atoms. The smallest absolute Gasteiger partial charge is 0.247 e. The maximum Gasteiger partial charge on any atom is 0.247 e. The van der Waals surface area contributed by atoms with Crippen LogP contribution in [0.15, 0.2) is 49.6 Å². The highest BCUT2D eigenvalue weighted by atomic mass is 32.2. The molecule has 1 saturated carbocycles. The Balaban J connectivity index is 1.48. The van der Waals surface area contributed by atoms with Crippen molar-refractivity contribution in [2.75, 3.05) is 37.7 Å². The number of rotatable bonds is 15. The van der Waals surface area contributed by atoms with Crippen LogP contribution in [-0.4, -0.2) is 87.6 Å². The van der Waals surface area contributed by atoms with E-state index in [1.165, 1.54) is 6.42 Å². The summed E-state index contributed by atoms with van der Waals surface area (Å²) >= 11 is 1.73. The third-order valence-electron chi connectivity index (χ3n) is 10.0. The summed E-state index contributed by atoms with van der Waals surface area (Å²) in [6.07, 6.45) is 12.6. The second-order valence-corrected chi connectivity index (χ2v) is 14.2. The number of aliphatic hydroxyl groups is 1. The lowest BCUT2D eigenvalue weighted by atomic mass is 9.70. The Labute approximate surface area is 266 Å². The molecule has 1 aliphatic carbocycles. The second-order valence-electron chi connectivity index (χ2n) is 12.6. The lowest BCUT2D eigenvalue weighted by Gasteiger charge is -2.41. The van der Waals surface area contributed by atoms with E-state index in [1.54, 1.807) is 28.8 Å². The van der Waals surface area contributed by atoms with Gasteiger partial charge in [-0.05, 0) is 76.1 Å². The molecule has 1 N–H and O–H groups in total. The average Bonchev–Trinajstić information content (AvgIpc) is 3.68. The lowest BCUT2D eigenvalue weighted by Crippen LogP contribution is -2.57. The van der Waals surface area contributed by atoms with E-state index in [4.69, 9.17) is 4.74 Å². The molecule has 3 heterocycles. The molecule has 240 valence electrons. The number of nitrogens with zero attached hydrogens (tertiary/aromatic N) is 3. The molecule has 3 aliphatic heterocycles. The number of fused-ring (bicyclic) bond motifs is 1. The fourth-order valence-electron chi connectivity index (χ4n) is 8.15. The van der Waals surface area contributed by atoms with E-state index >= 15 is 0 Å². The summed E-state index contributed by atoms with van der Waals surface area (Å²) in [7, 11) is 0. The summed E-state index contributed by atoms with van der Waals surface area (Å²) in [6, 6.07) is 7.05. The number of unbranched alkanes of at least 4 members (excludes halogenated alkanes) is 2. The molecule has 8 nitrogen and oxygen atoms in total. The number of thioether (sulfide) groups is 1. The molecule has 5 rings (SSSR count). The van der Waals surface area contributed by atoms with Gasteiger partial charge in [0.05, 0.1) is 23.2 Å². The number of likely N-dealkylation sites (tertiary alicyclic amines) is 1. The van der Waals surface area contributed by atoms with Gasteiger partial charge in [0.25, 0.3) is 0 Å². The Morgan fingerprint density at radius 2 is 1.77 bits per heavy atom. The standard InChI is InChI=1S/C35H49N3O5S/c1-4-21-36(26-15-17-27(18-16-26)43-6-3)32(40)29-28-19-20-35(44-28)30(29)33(41)38(23-11-8-12-24-39)31(35)34(42)37(22-5-2)25-13-9-7-10-14-25/h4-5,15-18,25,28-31,39H,1-2,6-14,19-24H2,3H3/t28-,29+,30-,31?,35?/m0/s1. The third kappa shape index (κ3) is 6.06. The number of anilines is 1. The van der Waals surface area contributed by atoms with Crippen molar-refractivity contribution in [3.63, 3.8) is 0 Å². The largest absolute Gasteiger partial charge is 0.494 e. The molecule has 3 amide bonds. The van der Waals surface area contributed by atoms with Crippen LogP contribution in [0.4, 0.5) is 5.69 Å². The SMILES string of the molecule is C=CCN(C(=O)[C@@H]1[C@@H]2CCC3(S2)C(C(=O)N(CC=C)C2CCCCC2)N(CCCCCO)C(=O)[C@H]13)c1ccc(OCC)cc1. The molecule has 9 heteroatoms. The van der Waals surface area contributed by atoms with E-state index in [0.717, 1.165) is 56.4 Å². The van der Waals surface area contributed by atoms with E-state index in [2.05, 4.69) is 13.2 Å². The summed E-state index contributed by atoms with van der Waals surface area (Å²) in [5.41, 5.74) is 0.744. The molecule has 3 saturated heterocycles. The third-order valence-corrected chi connectivity index (χ3v) is 12.0. The zero-order valence-corrected chi connectivity index (χ0v) is 27.0. The molecule has 1 aromatic carbocycles. The van der Waals surface area contributed by atoms with Gasteiger partial charge < -0.3 is 24.5 Å². The first-order chi connectivity index (χ1) is 21.4. The van der Waals surface area contributed by atoms with Gasteiger partial charge in [-0.2, -0.15) is 0 Å². The van der Waals surface area contributed by atoms with Crippen LogP contribution in [0.5, 0.6) is 5.75 Å². The Morgan fingerprint density at radius 1 is 1.05 bits per heavy atom. The van der Waals surface area contributed by atoms with Gasteiger partial charge in [0.15, 0.2) is 0 Å². The minimum Gasteiger partial charge on any atom is -0.494 e. The van der Waals surface area contributed by atoms with Crippen molar-refractivity contribution in [3.8, 4) is 5.75 Å². The van der Waals surface area contributed by atoms with Crippen molar-refractivity contribution in [2.24, 2.45) is 11.8 Å². The first kappa shape index (κ1) is 32.6. The van der Waals surface area contributed by atoms with E-state index in [9.17, 15) is 19.5 Å². The van der Waals surface area contributed by atoms with Crippen molar-refractivity contribution in [1.29, 1.82) is 0 Å². The van der Waals surface area contributed by atoms with Crippen molar-refractivity contribution in [1.82, 2.24) is 9.80 Å². The molecule has 4 aliphatic rings. The van der Waals surface area contributed by atoms with Crippen molar-refractivity contribution < 1.29 is 24.2 Å². The van der Waals surface area contributed by atoms with Crippen LogP contribution in [0.25, 0.3) is 0 Å². The van der Waals surface area contributed by atoms with Gasteiger partial charge in [-0.25, -0.2) is 0 Å². The molecule has 5 atom stereocenters. The van der Waals surface area contributed by atoms with Gasteiger partial charge in [-0.15, -0.1) is 24.9 Å². The second kappa shape index (κ2) is 14.5. The van der Waals surface area contributed by atoms with Gasteiger partial charge in [-0.1, -0.05) is 31.4 Å². The molecule has 0 aromatic heterocycles. The minimum absolute atomic E-state index is 0.0131. The summed E-state index contributed by atoms with van der Waals surface area (Å²) in [4.78, 5) is 49.3. The summed E-state index contributed by atoms with van der Waals surface area (Å²) in [6.45, 7) is 11.7. The fourth-order valence-corrected chi connectivity index (χ4v) is 10.4. The Bertz CT molecular complexity index is 1200. The Kier molecular flexibility index (Phi) is 10.8. The molecule has 0 radical (unpaired) electrons. The summed E-state index contributed by atoms with van der Waals surface area (Å²) in [5, 5.41) is 9.35. The van der Waals surface area contributed by atoms with E-state index in [1.807, 2.05) is 41.0 Å². The van der Waals surface area contributed by atoms with Gasteiger partial charge in [0.1, 0.15) is 11.8 Å². The maximum absolute atomic E-state index is 14.7. The average molecular weight is 624 g/mol. The summed E-state index contributed by atoms with van der Waals surface area (Å²) < 4.78 is 4.99. The molecule has 2 unspecified atom stereocenters. The number of hydrogen-bond acceptors (Lipinski definition) is 6. The number of carbonyl (C=O) groups excluding carboxylic acids is 3. The highest BCUT2D eigenvalue weighted by molar-refractivity contribution is 8.02. The van der Waals surface area contributed by atoms with Gasteiger partial charge >= 0.3 is 0 Å². The van der Waals surface area contributed by atoms with Crippen molar-refractivity contribution in [2.45, 2.75) is 93.2 Å². The highest BCUT2D eigenvalue weighted by Crippen LogP contribution is 2.67. The van der Waals surface area contributed by atoms with Crippen LogP contribution < -0.4 is 9.64 Å². The first-order valence-corrected chi connectivity index (χ1v) is 17.5. The normalized spacial score (nSPS) is 27.7. The van der Waals surface area contributed by atoms with Gasteiger partial charge in [0, 0.05) is 43.2 Å². The number of benzene rings is 1. The molecular weight excluding hydrogens is 574 g/mol. The predicted molar refractivity (Wildman–Crippen MR) is 176 cm³/mol. The molecule has 1 spiro atoms. The molecule has 4 fully saturated rings. The van der Waals surface area contributed by atoms with E-state index in [0.29, 0.717) is 39.1 Å². The summed E-state index contributed by atoms with van der Waals surface area (Å²) in [5.74, 6) is -0.429. The monoisotopic (exact) mass is 623 g/mol. The van der Waals surface area contributed by atoms with Gasteiger partial charge in [0.2, 0.25) is 17.7 Å². The number of amides is 3. The molecule has 1 aromatic rings. The molecular formula is C35H49N3O5S. The van der Waals surface area contributed by atoms with Crippen LogP contribution in [0.1, 0.15) is 71.1 Å². The van der Waals surface area contributed by atoms with E-state index < -0.39 is 22.6 Å². The zero-order valence-electron chi connectivity index (χ0n) is 26.2. The fraction of sp³-hybridized carbons (Fsp3) is 0.629. The van der Waals surface area contributed by atoms with Crippen LogP contribution in [0.3, 0.4) is 0 Å². The predicted octanol–water partition coefficient (Wildman–Crippen LogP) is 5.21. The van der Waals surface area contributed by atoms with Crippen LogP contribution in [0, 0.1) is 11.8 Å².